The van der Waals surface area contributed by atoms with Gasteiger partial charge in [-0.25, -0.2) is 0 Å². The zero-order valence-electron chi connectivity index (χ0n) is 8.28. The van der Waals surface area contributed by atoms with Gasteiger partial charge in [-0.1, -0.05) is 12.2 Å². The Morgan fingerprint density at radius 3 is 2.79 bits per heavy atom. The van der Waals surface area contributed by atoms with Crippen molar-refractivity contribution in [3.8, 4) is 0 Å². The summed E-state index contributed by atoms with van der Waals surface area (Å²) in [5, 5.41) is 0.0408. The van der Waals surface area contributed by atoms with E-state index in [2.05, 4.69) is 6.08 Å². The van der Waals surface area contributed by atoms with Gasteiger partial charge in [-0.3, -0.25) is 0 Å². The Morgan fingerprint density at radius 1 is 1.36 bits per heavy atom. The number of rotatable bonds is 1. The Balaban J connectivity index is 2.11. The highest BCUT2D eigenvalue weighted by molar-refractivity contribution is 6.22. The van der Waals surface area contributed by atoms with E-state index in [-0.39, 0.29) is 17.6 Å². The number of hydrogen-bond donors (Lipinski definition) is 0. The lowest BCUT2D eigenvalue weighted by Crippen LogP contribution is -2.29. The molecule has 1 saturated heterocycles. The van der Waals surface area contributed by atoms with Crippen molar-refractivity contribution in [1.82, 2.24) is 0 Å². The van der Waals surface area contributed by atoms with Gasteiger partial charge in [0.15, 0.2) is 0 Å². The van der Waals surface area contributed by atoms with Crippen molar-refractivity contribution in [3.63, 3.8) is 0 Å². The minimum absolute atomic E-state index is 0.0408. The molecule has 3 unspecified atom stereocenters. The van der Waals surface area contributed by atoms with E-state index in [1.165, 1.54) is 0 Å². The highest BCUT2D eigenvalue weighted by Crippen LogP contribution is 2.23. The predicted octanol–water partition coefficient (Wildman–Crippen LogP) is 2.28. The van der Waals surface area contributed by atoms with Crippen molar-refractivity contribution in [2.24, 2.45) is 0 Å². The van der Waals surface area contributed by atoms with Crippen molar-refractivity contribution in [2.75, 3.05) is 13.2 Å². The predicted molar refractivity (Wildman–Crippen MR) is 56.6 cm³/mol. The second-order valence-electron chi connectivity index (χ2n) is 3.67. The highest BCUT2D eigenvalue weighted by Gasteiger charge is 2.25. The van der Waals surface area contributed by atoms with Crippen LogP contribution in [0, 0.1) is 0 Å². The summed E-state index contributed by atoms with van der Waals surface area (Å²) in [4.78, 5) is 0. The van der Waals surface area contributed by atoms with Gasteiger partial charge in [-0.2, -0.15) is 0 Å². The Morgan fingerprint density at radius 2 is 2.07 bits per heavy atom. The molecule has 0 N–H and O–H groups in total. The molecule has 1 fully saturated rings. The summed E-state index contributed by atoms with van der Waals surface area (Å²) in [5.41, 5.74) is 1.12. The molecule has 0 bridgehead atoms. The summed E-state index contributed by atoms with van der Waals surface area (Å²) in [6.45, 7) is 3.52. The fraction of sp³-hybridized carbons (Fsp3) is 0.636. The van der Waals surface area contributed by atoms with Crippen LogP contribution in [0.2, 0.25) is 0 Å². The minimum Gasteiger partial charge on any atom is -0.371 e. The van der Waals surface area contributed by atoms with Crippen LogP contribution < -0.4 is 0 Å². The summed E-state index contributed by atoms with van der Waals surface area (Å²) >= 11 is 6.01. The maximum Gasteiger partial charge on any atom is 0.106 e. The van der Waals surface area contributed by atoms with Gasteiger partial charge in [0.2, 0.25) is 0 Å². The molecule has 2 aliphatic rings. The van der Waals surface area contributed by atoms with Crippen LogP contribution >= 0.6 is 11.6 Å². The molecule has 0 radical (unpaired) electrons. The molecule has 1 aliphatic heterocycles. The Hall–Kier alpha value is -0.310. The van der Waals surface area contributed by atoms with Crippen molar-refractivity contribution in [1.29, 1.82) is 0 Å². The molecule has 1 aliphatic carbocycles. The molecule has 0 aromatic carbocycles. The van der Waals surface area contributed by atoms with E-state index in [1.807, 2.05) is 19.1 Å². The SMILES string of the molecule is CC(Cl)C1=CC2OCCCOC2C=C1. The molecule has 1 heterocycles. The van der Waals surface area contributed by atoms with Gasteiger partial charge in [0.1, 0.15) is 12.2 Å². The molecule has 0 aromatic heterocycles. The first kappa shape index (κ1) is 10.2. The average Bonchev–Trinajstić information content (AvgIpc) is 2.41. The fourth-order valence-corrected chi connectivity index (χ4v) is 1.86. The van der Waals surface area contributed by atoms with Gasteiger partial charge in [-0.15, -0.1) is 11.6 Å². The third-order valence-corrected chi connectivity index (χ3v) is 2.78. The lowest BCUT2D eigenvalue weighted by molar-refractivity contribution is 0.0134. The molecule has 0 spiro atoms. The van der Waals surface area contributed by atoms with E-state index in [4.69, 9.17) is 21.1 Å². The maximum absolute atomic E-state index is 6.01. The summed E-state index contributed by atoms with van der Waals surface area (Å²) in [6, 6.07) is 0. The first-order chi connectivity index (χ1) is 6.77. The second-order valence-corrected chi connectivity index (χ2v) is 4.32. The quantitative estimate of drug-likeness (QED) is 0.624. The van der Waals surface area contributed by atoms with Crippen LogP contribution in [-0.4, -0.2) is 30.8 Å². The molecule has 78 valence electrons. The molecule has 0 amide bonds. The van der Waals surface area contributed by atoms with E-state index in [0.29, 0.717) is 0 Å². The van der Waals surface area contributed by atoms with Gasteiger partial charge in [0.05, 0.1) is 5.38 Å². The first-order valence-corrected chi connectivity index (χ1v) is 5.48. The van der Waals surface area contributed by atoms with E-state index in [0.717, 1.165) is 25.2 Å². The van der Waals surface area contributed by atoms with E-state index in [1.54, 1.807) is 0 Å². The number of fused-ring (bicyclic) bond motifs is 1. The van der Waals surface area contributed by atoms with Crippen LogP contribution in [0.25, 0.3) is 0 Å². The number of allylic oxidation sites excluding steroid dienone is 2. The molecule has 3 heteroatoms. The second kappa shape index (κ2) is 4.47. The molecular weight excluding hydrogens is 200 g/mol. The Bertz CT molecular complexity index is 258. The molecule has 2 nitrogen and oxygen atoms in total. The van der Waals surface area contributed by atoms with Crippen LogP contribution in [0.1, 0.15) is 13.3 Å². The summed E-state index contributed by atoms with van der Waals surface area (Å²) in [5.74, 6) is 0. The van der Waals surface area contributed by atoms with E-state index < -0.39 is 0 Å². The molecule has 3 atom stereocenters. The normalized spacial score (nSPS) is 34.3. The van der Waals surface area contributed by atoms with E-state index >= 15 is 0 Å². The van der Waals surface area contributed by atoms with Crippen LogP contribution in [0.15, 0.2) is 23.8 Å². The maximum atomic E-state index is 6.01. The van der Waals surface area contributed by atoms with Gasteiger partial charge in [-0.05, 0) is 25.0 Å². The highest BCUT2D eigenvalue weighted by atomic mass is 35.5. The zero-order chi connectivity index (χ0) is 9.97. The fourth-order valence-electron chi connectivity index (χ4n) is 1.71. The lowest BCUT2D eigenvalue weighted by atomic mass is 10.0. The number of halogens is 1. The topological polar surface area (TPSA) is 18.5 Å². The van der Waals surface area contributed by atoms with Gasteiger partial charge in [0.25, 0.3) is 0 Å². The third-order valence-electron chi connectivity index (χ3n) is 2.53. The van der Waals surface area contributed by atoms with Crippen LogP contribution in [0.3, 0.4) is 0 Å². The summed E-state index contributed by atoms with van der Waals surface area (Å²) < 4.78 is 11.3. The molecule has 0 saturated carbocycles. The van der Waals surface area contributed by atoms with Crippen LogP contribution in [0.5, 0.6) is 0 Å². The molecule has 14 heavy (non-hydrogen) atoms. The van der Waals surface area contributed by atoms with Crippen LogP contribution in [0.4, 0.5) is 0 Å². The first-order valence-electron chi connectivity index (χ1n) is 5.04. The van der Waals surface area contributed by atoms with Crippen molar-refractivity contribution in [2.45, 2.75) is 30.9 Å². The average molecular weight is 215 g/mol. The summed E-state index contributed by atoms with van der Waals surface area (Å²) in [7, 11) is 0. The summed E-state index contributed by atoms with van der Waals surface area (Å²) in [6.07, 6.45) is 7.27. The number of alkyl halides is 1. The molecular formula is C11H15ClO2. The number of hydrogen-bond acceptors (Lipinski definition) is 2. The van der Waals surface area contributed by atoms with Crippen molar-refractivity contribution < 1.29 is 9.47 Å². The lowest BCUT2D eigenvalue weighted by Gasteiger charge is -2.24. The van der Waals surface area contributed by atoms with Gasteiger partial charge < -0.3 is 9.47 Å². The Labute approximate surface area is 89.5 Å². The number of ether oxygens (including phenoxy) is 2. The van der Waals surface area contributed by atoms with E-state index in [9.17, 15) is 0 Å². The minimum atomic E-state index is 0.0408. The zero-order valence-corrected chi connectivity index (χ0v) is 9.04. The van der Waals surface area contributed by atoms with Gasteiger partial charge >= 0.3 is 0 Å². The molecule has 0 aromatic rings. The van der Waals surface area contributed by atoms with Crippen molar-refractivity contribution >= 4 is 11.6 Å². The third kappa shape index (κ3) is 2.19. The largest absolute Gasteiger partial charge is 0.371 e. The van der Waals surface area contributed by atoms with Crippen molar-refractivity contribution in [3.05, 3.63) is 23.8 Å². The molecule has 2 rings (SSSR count). The van der Waals surface area contributed by atoms with Crippen LogP contribution in [-0.2, 0) is 9.47 Å². The monoisotopic (exact) mass is 214 g/mol. The standard InChI is InChI=1S/C11H15ClO2/c1-8(12)9-3-4-10-11(7-9)14-6-2-5-13-10/h3-4,7-8,10-11H,2,5-6H2,1H3. The Kier molecular flexibility index (Phi) is 3.26. The van der Waals surface area contributed by atoms with Gasteiger partial charge in [0, 0.05) is 13.2 Å². The smallest absolute Gasteiger partial charge is 0.106 e.